The lowest BCUT2D eigenvalue weighted by Gasteiger charge is -2.10. The number of anilines is 1. The molecule has 1 amide bonds. The highest BCUT2D eigenvalue weighted by Crippen LogP contribution is 2.36. The first-order valence-corrected chi connectivity index (χ1v) is 6.88. The van der Waals surface area contributed by atoms with Gasteiger partial charge in [0.15, 0.2) is 0 Å². The number of carbonyl (C=O) groups is 2. The van der Waals surface area contributed by atoms with Crippen molar-refractivity contribution >= 4 is 29.1 Å². The summed E-state index contributed by atoms with van der Waals surface area (Å²) in [5.74, 6) is -2.20. The summed E-state index contributed by atoms with van der Waals surface area (Å²) in [6.07, 6.45) is 0. The van der Waals surface area contributed by atoms with Crippen LogP contribution in [0.2, 0.25) is 0 Å². The Morgan fingerprint density at radius 2 is 1.81 bits per heavy atom. The first-order valence-electron chi connectivity index (χ1n) is 6.06. The second-order valence-corrected chi connectivity index (χ2v) is 5.66. The number of hydrogen-bond donors (Lipinski definition) is 0. The number of benzene rings is 2. The molecule has 0 atom stereocenters. The molecule has 0 spiro atoms. The molecular weight excluding hydrogens is 296 g/mol. The summed E-state index contributed by atoms with van der Waals surface area (Å²) in [6.45, 7) is 0. The van der Waals surface area contributed by atoms with Crippen LogP contribution in [-0.2, 0) is 4.79 Å². The van der Waals surface area contributed by atoms with Crippen LogP contribution in [0.3, 0.4) is 0 Å². The number of hydrogen-bond acceptors (Lipinski definition) is 3. The summed E-state index contributed by atoms with van der Waals surface area (Å²) in [5.41, 5.74) is 0.804. The normalized spacial score (nSPS) is 13.8. The van der Waals surface area contributed by atoms with E-state index in [4.69, 9.17) is 0 Å². The summed E-state index contributed by atoms with van der Waals surface area (Å²) < 4.78 is 26.8. The SMILES string of the molecule is CN1C(=O)C(=O)c2ccc(Sc3cc(F)ccc3F)cc21. The Bertz CT molecular complexity index is 776. The second-order valence-electron chi connectivity index (χ2n) is 4.55. The molecule has 2 aromatic rings. The number of amides is 1. The maximum atomic E-state index is 13.6. The largest absolute Gasteiger partial charge is 0.308 e. The molecule has 0 fully saturated rings. The van der Waals surface area contributed by atoms with Crippen LogP contribution in [0.15, 0.2) is 46.2 Å². The van der Waals surface area contributed by atoms with Crippen molar-refractivity contribution in [2.24, 2.45) is 0 Å². The van der Waals surface area contributed by atoms with Gasteiger partial charge in [0.25, 0.3) is 11.7 Å². The van der Waals surface area contributed by atoms with Gasteiger partial charge in [-0.1, -0.05) is 11.8 Å². The molecule has 0 saturated carbocycles. The molecule has 0 aliphatic carbocycles. The zero-order valence-electron chi connectivity index (χ0n) is 10.9. The van der Waals surface area contributed by atoms with Crippen molar-refractivity contribution in [2.75, 3.05) is 11.9 Å². The molecule has 0 radical (unpaired) electrons. The number of nitrogens with zero attached hydrogens (tertiary/aromatic N) is 1. The van der Waals surface area contributed by atoms with Crippen LogP contribution in [0.5, 0.6) is 0 Å². The molecule has 1 aliphatic heterocycles. The molecule has 0 bridgehead atoms. The van der Waals surface area contributed by atoms with Crippen LogP contribution >= 0.6 is 11.8 Å². The number of carbonyl (C=O) groups excluding carboxylic acids is 2. The molecule has 106 valence electrons. The summed E-state index contributed by atoms with van der Waals surface area (Å²) >= 11 is 1.03. The fraction of sp³-hybridized carbons (Fsp3) is 0.0667. The highest BCUT2D eigenvalue weighted by Gasteiger charge is 2.33. The van der Waals surface area contributed by atoms with E-state index < -0.39 is 23.3 Å². The molecule has 0 saturated heterocycles. The van der Waals surface area contributed by atoms with E-state index in [2.05, 4.69) is 0 Å². The Labute approximate surface area is 123 Å². The van der Waals surface area contributed by atoms with Gasteiger partial charge in [0.05, 0.1) is 16.1 Å². The molecule has 21 heavy (non-hydrogen) atoms. The van der Waals surface area contributed by atoms with Crippen LogP contribution in [0.4, 0.5) is 14.5 Å². The van der Waals surface area contributed by atoms with Gasteiger partial charge >= 0.3 is 0 Å². The predicted molar refractivity (Wildman–Crippen MR) is 74.7 cm³/mol. The molecule has 0 unspecified atom stereocenters. The Morgan fingerprint density at radius 1 is 1.05 bits per heavy atom. The molecule has 3 nitrogen and oxygen atoms in total. The lowest BCUT2D eigenvalue weighted by Crippen LogP contribution is -2.24. The van der Waals surface area contributed by atoms with E-state index >= 15 is 0 Å². The fourth-order valence-corrected chi connectivity index (χ4v) is 3.00. The van der Waals surface area contributed by atoms with Gasteiger partial charge < -0.3 is 4.90 Å². The lowest BCUT2D eigenvalue weighted by atomic mass is 10.1. The molecule has 0 N–H and O–H groups in total. The van der Waals surface area contributed by atoms with Gasteiger partial charge in [0.1, 0.15) is 11.6 Å². The molecule has 1 aliphatic rings. The number of rotatable bonds is 2. The van der Waals surface area contributed by atoms with Gasteiger partial charge in [0, 0.05) is 11.9 Å². The van der Waals surface area contributed by atoms with Crippen molar-refractivity contribution in [2.45, 2.75) is 9.79 Å². The number of likely N-dealkylation sites (N-methyl/N-ethyl adjacent to an activating group) is 1. The minimum absolute atomic E-state index is 0.147. The quantitative estimate of drug-likeness (QED) is 0.799. The van der Waals surface area contributed by atoms with Crippen molar-refractivity contribution in [3.63, 3.8) is 0 Å². The van der Waals surface area contributed by atoms with Crippen LogP contribution in [0.25, 0.3) is 0 Å². The maximum Gasteiger partial charge on any atom is 0.299 e. The van der Waals surface area contributed by atoms with Crippen LogP contribution in [-0.4, -0.2) is 18.7 Å². The topological polar surface area (TPSA) is 37.4 Å². The third kappa shape index (κ3) is 2.31. The maximum absolute atomic E-state index is 13.6. The first-order chi connectivity index (χ1) is 9.97. The number of ketones is 1. The molecule has 0 aromatic heterocycles. The van der Waals surface area contributed by atoms with Gasteiger partial charge in [-0.15, -0.1) is 0 Å². The summed E-state index contributed by atoms with van der Waals surface area (Å²) in [4.78, 5) is 25.3. The highest BCUT2D eigenvalue weighted by molar-refractivity contribution is 7.99. The van der Waals surface area contributed by atoms with Crippen molar-refractivity contribution < 1.29 is 18.4 Å². The number of Topliss-reactive ketones (excluding diaryl/α,β-unsaturated/α-hetero) is 1. The van der Waals surface area contributed by atoms with Crippen molar-refractivity contribution in [1.82, 2.24) is 0 Å². The van der Waals surface area contributed by atoms with Crippen molar-refractivity contribution in [1.29, 1.82) is 0 Å². The van der Waals surface area contributed by atoms with Crippen molar-refractivity contribution in [3.8, 4) is 0 Å². The van der Waals surface area contributed by atoms with E-state index in [9.17, 15) is 18.4 Å². The minimum Gasteiger partial charge on any atom is -0.308 e. The molecule has 2 aromatic carbocycles. The van der Waals surface area contributed by atoms with Gasteiger partial charge in [0.2, 0.25) is 0 Å². The Hall–Kier alpha value is -2.21. The average Bonchev–Trinajstić information content (AvgIpc) is 2.68. The van der Waals surface area contributed by atoms with Gasteiger partial charge in [-0.05, 0) is 36.4 Å². The van der Waals surface area contributed by atoms with Gasteiger partial charge in [-0.2, -0.15) is 0 Å². The Kier molecular flexibility index (Phi) is 3.25. The van der Waals surface area contributed by atoms with Crippen LogP contribution < -0.4 is 4.90 Å². The monoisotopic (exact) mass is 305 g/mol. The van der Waals surface area contributed by atoms with E-state index in [1.54, 1.807) is 12.1 Å². The van der Waals surface area contributed by atoms with E-state index in [0.29, 0.717) is 16.1 Å². The van der Waals surface area contributed by atoms with Crippen LogP contribution in [0.1, 0.15) is 10.4 Å². The predicted octanol–water partition coefficient (Wildman–Crippen LogP) is 3.28. The van der Waals surface area contributed by atoms with Gasteiger partial charge in [-0.25, -0.2) is 8.78 Å². The fourth-order valence-electron chi connectivity index (χ4n) is 2.10. The highest BCUT2D eigenvalue weighted by atomic mass is 32.2. The standard InChI is InChI=1S/C15H9F2NO2S/c1-18-12-7-9(3-4-10(12)14(19)15(18)20)21-13-6-8(16)2-5-11(13)17/h2-7H,1H3. The molecule has 1 heterocycles. The lowest BCUT2D eigenvalue weighted by molar-refractivity contribution is -0.114. The second kappa shape index (κ2) is 4.96. The van der Waals surface area contributed by atoms with E-state index in [0.717, 1.165) is 30.0 Å². The van der Waals surface area contributed by atoms with Crippen LogP contribution in [0, 0.1) is 11.6 Å². The first kappa shape index (κ1) is 13.8. The third-order valence-corrected chi connectivity index (χ3v) is 4.22. The Balaban J connectivity index is 1.97. The zero-order chi connectivity index (χ0) is 15.1. The average molecular weight is 305 g/mol. The number of halogens is 2. The number of fused-ring (bicyclic) bond motifs is 1. The molecular formula is C15H9F2NO2S. The zero-order valence-corrected chi connectivity index (χ0v) is 11.7. The van der Waals surface area contributed by atoms with E-state index in [-0.39, 0.29) is 4.90 Å². The third-order valence-electron chi connectivity index (χ3n) is 3.20. The molecule has 3 rings (SSSR count). The minimum atomic E-state index is -0.593. The van der Waals surface area contributed by atoms with Crippen molar-refractivity contribution in [3.05, 3.63) is 53.6 Å². The summed E-state index contributed by atoms with van der Waals surface area (Å²) in [7, 11) is 1.50. The molecule has 6 heteroatoms. The van der Waals surface area contributed by atoms with Gasteiger partial charge in [-0.3, -0.25) is 9.59 Å². The van der Waals surface area contributed by atoms with E-state index in [1.165, 1.54) is 18.0 Å². The Morgan fingerprint density at radius 3 is 2.57 bits per heavy atom. The summed E-state index contributed by atoms with van der Waals surface area (Å²) in [6, 6.07) is 7.97. The van der Waals surface area contributed by atoms with E-state index in [1.807, 2.05) is 0 Å². The summed E-state index contributed by atoms with van der Waals surface area (Å²) in [5, 5.41) is 0. The smallest absolute Gasteiger partial charge is 0.299 e.